The van der Waals surface area contributed by atoms with Crippen molar-refractivity contribution in [2.75, 3.05) is 0 Å². The Morgan fingerprint density at radius 2 is 2.21 bits per heavy atom. The Balaban J connectivity index is 2.79. The van der Waals surface area contributed by atoms with Crippen LogP contribution in [0.25, 0.3) is 0 Å². The third-order valence-corrected chi connectivity index (χ3v) is 3.37. The normalized spacial score (nSPS) is 12.9. The topological polar surface area (TPSA) is 0 Å². The van der Waals surface area contributed by atoms with Crippen LogP contribution in [0.1, 0.15) is 36.6 Å². The monoisotopic (exact) mass is 278 g/mol. The average Bonchev–Trinajstić information content (AvgIpc) is 2.18. The van der Waals surface area contributed by atoms with Gasteiger partial charge in [0.25, 0.3) is 0 Å². The van der Waals surface area contributed by atoms with Crippen LogP contribution in [0.5, 0.6) is 0 Å². The van der Waals surface area contributed by atoms with E-state index in [1.54, 1.807) is 18.2 Å². The molecule has 0 aliphatic rings. The number of alkyl halides is 1. The van der Waals surface area contributed by atoms with E-state index >= 15 is 0 Å². The van der Waals surface area contributed by atoms with E-state index in [2.05, 4.69) is 22.9 Å². The molecule has 0 N–H and O–H groups in total. The molecule has 1 rings (SSSR count). The van der Waals surface area contributed by atoms with Crippen LogP contribution in [-0.4, -0.2) is 0 Å². The summed E-state index contributed by atoms with van der Waals surface area (Å²) in [5.41, 5.74) is 0.658. The molecule has 1 aromatic carbocycles. The van der Waals surface area contributed by atoms with E-state index in [0.29, 0.717) is 5.56 Å². The highest BCUT2D eigenvalue weighted by molar-refractivity contribution is 9.09. The maximum Gasteiger partial charge on any atom is 0.146 e. The zero-order valence-electron chi connectivity index (χ0n) is 8.06. The molecule has 0 radical (unpaired) electrons. The summed E-state index contributed by atoms with van der Waals surface area (Å²) in [6.07, 6.45) is 3.14. The van der Waals surface area contributed by atoms with Gasteiger partial charge in [-0.15, -0.1) is 0 Å². The Morgan fingerprint density at radius 1 is 1.50 bits per heavy atom. The fraction of sp³-hybridized carbons (Fsp3) is 0.455. The van der Waals surface area contributed by atoms with E-state index < -0.39 is 0 Å². The van der Waals surface area contributed by atoms with Gasteiger partial charge >= 0.3 is 0 Å². The van der Waals surface area contributed by atoms with Crippen LogP contribution in [0.4, 0.5) is 4.39 Å². The highest BCUT2D eigenvalue weighted by Gasteiger charge is 2.13. The molecular weight excluding hydrogens is 266 g/mol. The van der Waals surface area contributed by atoms with E-state index in [1.165, 1.54) is 0 Å². The molecule has 3 heteroatoms. The number of halogens is 3. The van der Waals surface area contributed by atoms with Gasteiger partial charge < -0.3 is 0 Å². The fourth-order valence-electron chi connectivity index (χ4n) is 1.30. The predicted octanol–water partition coefficient (Wildman–Crippen LogP) is 5.11. The largest absolute Gasteiger partial charge is 0.205 e. The molecule has 0 aliphatic heterocycles. The molecule has 0 spiro atoms. The molecular formula is C11H13BrClF. The van der Waals surface area contributed by atoms with Crippen LogP contribution < -0.4 is 0 Å². The third kappa shape index (κ3) is 2.96. The van der Waals surface area contributed by atoms with Crippen molar-refractivity contribution in [3.63, 3.8) is 0 Å². The summed E-state index contributed by atoms with van der Waals surface area (Å²) < 4.78 is 13.5. The Bertz CT molecular complexity index is 301. The molecule has 0 nitrogen and oxygen atoms in total. The summed E-state index contributed by atoms with van der Waals surface area (Å²) in [4.78, 5) is 0.0705. The molecule has 0 fully saturated rings. The molecule has 0 saturated heterocycles. The number of hydrogen-bond acceptors (Lipinski definition) is 0. The minimum atomic E-state index is -0.299. The lowest BCUT2D eigenvalue weighted by Crippen LogP contribution is -1.95. The smallest absolute Gasteiger partial charge is 0.146 e. The van der Waals surface area contributed by atoms with Gasteiger partial charge in [0.1, 0.15) is 5.82 Å². The van der Waals surface area contributed by atoms with Crippen molar-refractivity contribution < 1.29 is 4.39 Å². The lowest BCUT2D eigenvalue weighted by atomic mass is 10.1. The maximum atomic E-state index is 13.5. The zero-order chi connectivity index (χ0) is 10.6. The first-order valence-corrected chi connectivity index (χ1v) is 6.04. The van der Waals surface area contributed by atoms with Crippen molar-refractivity contribution in [3.8, 4) is 0 Å². The van der Waals surface area contributed by atoms with Gasteiger partial charge in [0.2, 0.25) is 0 Å². The van der Waals surface area contributed by atoms with E-state index in [4.69, 9.17) is 11.6 Å². The van der Waals surface area contributed by atoms with Gasteiger partial charge in [-0.3, -0.25) is 0 Å². The van der Waals surface area contributed by atoms with Gasteiger partial charge in [-0.05, 0) is 12.5 Å². The summed E-state index contributed by atoms with van der Waals surface area (Å²) in [6.45, 7) is 2.12. The molecule has 0 saturated carbocycles. The third-order valence-electron chi connectivity index (χ3n) is 2.13. The number of benzene rings is 1. The fourth-order valence-corrected chi connectivity index (χ4v) is 2.16. The lowest BCUT2D eigenvalue weighted by molar-refractivity contribution is 0.598. The summed E-state index contributed by atoms with van der Waals surface area (Å²) >= 11 is 9.17. The number of rotatable bonds is 4. The van der Waals surface area contributed by atoms with E-state index in [1.807, 2.05) is 0 Å². The number of unbranched alkanes of at least 4 members (excludes halogenated alkanes) is 1. The first-order chi connectivity index (χ1) is 6.66. The molecule has 0 aromatic heterocycles. The van der Waals surface area contributed by atoms with Crippen LogP contribution in [0.2, 0.25) is 5.02 Å². The van der Waals surface area contributed by atoms with Gasteiger partial charge in [0.05, 0.1) is 5.02 Å². The van der Waals surface area contributed by atoms with Crippen molar-refractivity contribution >= 4 is 27.5 Å². The van der Waals surface area contributed by atoms with Crippen LogP contribution in [0.15, 0.2) is 18.2 Å². The zero-order valence-corrected chi connectivity index (χ0v) is 10.4. The first-order valence-electron chi connectivity index (χ1n) is 4.74. The van der Waals surface area contributed by atoms with Crippen LogP contribution in [-0.2, 0) is 0 Å². The Hall–Kier alpha value is -0.0800. The second-order valence-corrected chi connectivity index (χ2v) is 4.77. The number of hydrogen-bond donors (Lipinski definition) is 0. The van der Waals surface area contributed by atoms with E-state index in [0.717, 1.165) is 19.3 Å². The molecule has 0 amide bonds. The van der Waals surface area contributed by atoms with Crippen molar-refractivity contribution in [1.29, 1.82) is 0 Å². The van der Waals surface area contributed by atoms with Gasteiger partial charge in [0.15, 0.2) is 0 Å². The summed E-state index contributed by atoms with van der Waals surface area (Å²) in [5, 5.41) is 0.198. The molecule has 0 unspecified atom stereocenters. The second-order valence-electron chi connectivity index (χ2n) is 3.25. The van der Waals surface area contributed by atoms with E-state index in [9.17, 15) is 4.39 Å². The minimum Gasteiger partial charge on any atom is -0.205 e. The summed E-state index contributed by atoms with van der Waals surface area (Å²) in [7, 11) is 0. The van der Waals surface area contributed by atoms with Crippen molar-refractivity contribution in [2.24, 2.45) is 0 Å². The van der Waals surface area contributed by atoms with Crippen molar-refractivity contribution in [2.45, 2.75) is 31.0 Å². The molecule has 1 atom stereocenters. The Morgan fingerprint density at radius 3 is 2.86 bits per heavy atom. The second kappa shape index (κ2) is 5.72. The van der Waals surface area contributed by atoms with Gasteiger partial charge in [0, 0.05) is 10.4 Å². The Kier molecular flexibility index (Phi) is 4.90. The van der Waals surface area contributed by atoms with Crippen LogP contribution >= 0.6 is 27.5 Å². The Labute approximate surface area is 97.6 Å². The van der Waals surface area contributed by atoms with Crippen molar-refractivity contribution in [1.82, 2.24) is 0 Å². The van der Waals surface area contributed by atoms with Crippen molar-refractivity contribution in [3.05, 3.63) is 34.6 Å². The maximum absolute atomic E-state index is 13.5. The van der Waals surface area contributed by atoms with Gasteiger partial charge in [-0.25, -0.2) is 4.39 Å². The molecule has 0 bridgehead atoms. The quantitative estimate of drug-likeness (QED) is 0.672. The highest BCUT2D eigenvalue weighted by Crippen LogP contribution is 2.32. The SMILES string of the molecule is CCCC[C@H](Br)c1cccc(Cl)c1F. The highest BCUT2D eigenvalue weighted by atomic mass is 79.9. The molecule has 14 heavy (non-hydrogen) atoms. The minimum absolute atomic E-state index is 0.0705. The molecule has 0 aliphatic carbocycles. The molecule has 1 aromatic rings. The van der Waals surface area contributed by atoms with E-state index in [-0.39, 0.29) is 15.7 Å². The lowest BCUT2D eigenvalue weighted by Gasteiger charge is -2.10. The van der Waals surface area contributed by atoms with Gasteiger partial charge in [-0.1, -0.05) is 59.4 Å². The van der Waals surface area contributed by atoms with Crippen LogP contribution in [0, 0.1) is 5.82 Å². The van der Waals surface area contributed by atoms with Crippen LogP contribution in [0.3, 0.4) is 0 Å². The van der Waals surface area contributed by atoms with Gasteiger partial charge in [-0.2, -0.15) is 0 Å². The summed E-state index contributed by atoms with van der Waals surface area (Å²) in [5.74, 6) is -0.299. The first kappa shape index (κ1) is 12.0. The standard InChI is InChI=1S/C11H13BrClF/c1-2-3-6-9(12)8-5-4-7-10(13)11(8)14/h4-5,7,9H,2-3,6H2,1H3/t9-/m0/s1. The summed E-state index contributed by atoms with van der Waals surface area (Å²) in [6, 6.07) is 5.12. The molecule has 78 valence electrons. The average molecular weight is 280 g/mol. The predicted molar refractivity (Wildman–Crippen MR) is 62.6 cm³/mol. The molecule has 0 heterocycles.